The number of aromatic nitrogens is 4. The normalized spacial score (nSPS) is 12.3. The molecule has 1 amide bonds. The van der Waals surface area contributed by atoms with Crippen LogP contribution >= 0.6 is 23.2 Å². The first-order valence-corrected chi connectivity index (χ1v) is 17.4. The molecule has 8 rings (SSSR count). The molecule has 0 fully saturated rings. The van der Waals surface area contributed by atoms with Gasteiger partial charge in [-0.1, -0.05) is 35.3 Å². The highest BCUT2D eigenvalue weighted by atomic mass is 35.5. The van der Waals surface area contributed by atoms with Crippen LogP contribution < -0.4 is 29.2 Å². The van der Waals surface area contributed by atoms with E-state index in [1.54, 1.807) is 42.5 Å². The topological polar surface area (TPSA) is 164 Å². The molecule has 288 valence electrons. The van der Waals surface area contributed by atoms with Crippen LogP contribution in [0.2, 0.25) is 10.0 Å². The van der Waals surface area contributed by atoms with Gasteiger partial charge in [0.05, 0.1) is 32.5 Å². The Morgan fingerprint density at radius 1 is 0.679 bits per heavy atom. The molecule has 18 heteroatoms. The first-order valence-electron chi connectivity index (χ1n) is 16.6. The van der Waals surface area contributed by atoms with Gasteiger partial charge in [0.2, 0.25) is 5.91 Å². The summed E-state index contributed by atoms with van der Waals surface area (Å²) in [5, 5.41) is 4.16. The first-order chi connectivity index (χ1) is 26.9. The molecule has 56 heavy (non-hydrogen) atoms. The van der Waals surface area contributed by atoms with Gasteiger partial charge < -0.3 is 29.0 Å². The summed E-state index contributed by atoms with van der Waals surface area (Å²) < 4.78 is 54.9. The first kappa shape index (κ1) is 39.3. The fourth-order valence-electron chi connectivity index (χ4n) is 5.48. The Balaban J connectivity index is 0.000000164. The van der Waals surface area contributed by atoms with Gasteiger partial charge in [0.1, 0.15) is 44.9 Å². The zero-order valence-corrected chi connectivity index (χ0v) is 31.3. The third-order valence-electron chi connectivity index (χ3n) is 7.77. The van der Waals surface area contributed by atoms with Crippen LogP contribution in [-0.2, 0) is 19.1 Å². The van der Waals surface area contributed by atoms with Gasteiger partial charge in [-0.2, -0.15) is 0 Å². The number of fused-ring (bicyclic) bond motifs is 4. The Hall–Kier alpha value is -6.39. The Kier molecular flexibility index (Phi) is 12.2. The number of rotatable bonds is 4. The maximum atomic E-state index is 14.6. The minimum absolute atomic E-state index is 0.0138. The highest BCUT2D eigenvalue weighted by Crippen LogP contribution is 2.40. The van der Waals surface area contributed by atoms with E-state index in [4.69, 9.17) is 42.1 Å². The molecule has 0 aliphatic carbocycles. The van der Waals surface area contributed by atoms with E-state index in [1.807, 2.05) is 0 Å². The quantitative estimate of drug-likeness (QED) is 0.135. The second-order valence-electron chi connectivity index (χ2n) is 11.7. The Bertz CT molecular complexity index is 2460. The molecule has 0 saturated heterocycles. The van der Waals surface area contributed by atoms with Crippen LogP contribution in [0, 0.1) is 11.6 Å². The van der Waals surface area contributed by atoms with E-state index in [2.05, 4.69) is 30.0 Å². The molecule has 14 nitrogen and oxygen atoms in total. The van der Waals surface area contributed by atoms with E-state index < -0.39 is 29.5 Å². The summed E-state index contributed by atoms with van der Waals surface area (Å²) in [5.74, 6) is 0.282. The average Bonchev–Trinajstić information content (AvgIpc) is 3.17. The lowest BCUT2D eigenvalue weighted by Gasteiger charge is -2.23. The number of nitrogens with one attached hydrogen (secondary N) is 1. The smallest absolute Gasteiger partial charge is 0.310 e. The van der Waals surface area contributed by atoms with Crippen LogP contribution in [0.1, 0.15) is 20.8 Å². The number of nitrogens with zero attached hydrogens (tertiary/aromatic N) is 5. The van der Waals surface area contributed by atoms with Crippen LogP contribution in [0.3, 0.4) is 0 Å². The van der Waals surface area contributed by atoms with Gasteiger partial charge in [0.25, 0.3) is 0 Å². The van der Waals surface area contributed by atoms with Crippen LogP contribution in [0.25, 0.3) is 21.8 Å². The molecule has 0 bridgehead atoms. The summed E-state index contributed by atoms with van der Waals surface area (Å²) in [5.41, 5.74) is 1.48. The molecule has 4 aromatic carbocycles. The molecule has 2 aliphatic rings. The molecule has 0 saturated carbocycles. The number of hydrogen-bond donors (Lipinski definition) is 1. The van der Waals surface area contributed by atoms with Gasteiger partial charge in [-0.3, -0.25) is 19.3 Å². The van der Waals surface area contributed by atoms with E-state index >= 15 is 0 Å². The van der Waals surface area contributed by atoms with Gasteiger partial charge in [0, 0.05) is 43.7 Å². The van der Waals surface area contributed by atoms with Gasteiger partial charge in [-0.25, -0.2) is 28.7 Å². The number of esters is 2. The van der Waals surface area contributed by atoms with E-state index in [0.29, 0.717) is 77.0 Å². The predicted octanol–water partition coefficient (Wildman–Crippen LogP) is 7.91. The maximum Gasteiger partial charge on any atom is 0.310 e. The molecule has 0 spiro atoms. The number of hydrogen-bond acceptors (Lipinski definition) is 13. The molecule has 2 aromatic heterocycles. The summed E-state index contributed by atoms with van der Waals surface area (Å²) in [6, 6.07) is 16.2. The molecule has 0 unspecified atom stereocenters. The number of carbonyl (C=O) groups is 3. The van der Waals surface area contributed by atoms with Crippen LogP contribution in [0.4, 0.5) is 31.8 Å². The third kappa shape index (κ3) is 8.93. The van der Waals surface area contributed by atoms with Crippen LogP contribution in [-0.4, -0.2) is 64.2 Å². The zero-order chi connectivity index (χ0) is 39.9. The van der Waals surface area contributed by atoms with Crippen molar-refractivity contribution in [2.24, 2.45) is 0 Å². The van der Waals surface area contributed by atoms with Crippen molar-refractivity contribution in [2.45, 2.75) is 20.8 Å². The van der Waals surface area contributed by atoms with Gasteiger partial charge in [-0.15, -0.1) is 0 Å². The van der Waals surface area contributed by atoms with Crippen molar-refractivity contribution in [3.05, 3.63) is 95.0 Å². The van der Waals surface area contributed by atoms with Crippen molar-refractivity contribution in [3.63, 3.8) is 0 Å². The molecular weight excluding hydrogens is 777 g/mol. The number of ether oxygens (including phenoxy) is 5. The number of amides is 1. The van der Waals surface area contributed by atoms with Gasteiger partial charge in [-0.05, 0) is 36.4 Å². The number of benzene rings is 4. The average molecular weight is 808 g/mol. The lowest BCUT2D eigenvalue weighted by Crippen LogP contribution is -2.25. The van der Waals surface area contributed by atoms with E-state index in [9.17, 15) is 23.2 Å². The van der Waals surface area contributed by atoms with Crippen molar-refractivity contribution in [1.29, 1.82) is 0 Å². The minimum Gasteiger partial charge on any atom is -0.486 e. The largest absolute Gasteiger partial charge is 0.486 e. The summed E-state index contributed by atoms with van der Waals surface area (Å²) in [6.07, 6.45) is 2.72. The molecular formula is C38H30Cl2F2N6O8. The van der Waals surface area contributed by atoms with Crippen molar-refractivity contribution in [3.8, 4) is 23.0 Å². The van der Waals surface area contributed by atoms with Gasteiger partial charge in [0.15, 0.2) is 40.5 Å². The fraction of sp³-hybridized carbons (Fsp3) is 0.184. The predicted molar refractivity (Wildman–Crippen MR) is 202 cm³/mol. The molecule has 0 radical (unpaired) electrons. The number of anilines is 4. The van der Waals surface area contributed by atoms with Gasteiger partial charge >= 0.3 is 11.9 Å². The highest BCUT2D eigenvalue weighted by Gasteiger charge is 2.25. The molecule has 6 aromatic rings. The van der Waals surface area contributed by atoms with E-state index in [1.165, 1.54) is 56.5 Å². The standard InChI is InChI=1S/C18H13ClFN3O3.C16H11ClFN3O2.C4H6O3/c1-10(24)23(14-4-2-3-12(19)17(14)20)18-11-7-15-16(26-6-5-25-15)8-13(11)21-9-22-18;17-10-2-1-3-11(15(10)18)21-16-9-6-13-14(23-5-4-22-13)7-12(9)19-8-20-16;1-3(5)7-4(2)6/h2-4,7-9H,5-6H2,1H3;1-3,6-8H,4-5H2,(H,19,20,21);1-2H3. The van der Waals surface area contributed by atoms with E-state index in [-0.39, 0.29) is 27.2 Å². The second kappa shape index (κ2) is 17.4. The zero-order valence-electron chi connectivity index (χ0n) is 29.8. The maximum absolute atomic E-state index is 14.6. The minimum atomic E-state index is -0.700. The van der Waals surface area contributed by atoms with E-state index in [0.717, 1.165) is 0 Å². The summed E-state index contributed by atoms with van der Waals surface area (Å²) in [7, 11) is 0. The Morgan fingerprint density at radius 2 is 1.18 bits per heavy atom. The van der Waals surface area contributed by atoms with Crippen molar-refractivity contribution < 1.29 is 46.8 Å². The summed E-state index contributed by atoms with van der Waals surface area (Å²) in [4.78, 5) is 50.0. The summed E-state index contributed by atoms with van der Waals surface area (Å²) in [6.45, 7) is 5.54. The van der Waals surface area contributed by atoms with Crippen molar-refractivity contribution in [2.75, 3.05) is 36.6 Å². The number of carbonyl (C=O) groups excluding carboxylic acids is 3. The highest BCUT2D eigenvalue weighted by molar-refractivity contribution is 6.31. The SMILES string of the molecule is CC(=O)N(c1cccc(Cl)c1F)c1ncnc2cc3c(cc12)OCCO3.CC(=O)OC(C)=O.Fc1c(Cl)cccc1Nc1ncnc2cc3c(cc12)OCCO3. The summed E-state index contributed by atoms with van der Waals surface area (Å²) >= 11 is 11.7. The molecule has 1 N–H and O–H groups in total. The lowest BCUT2D eigenvalue weighted by molar-refractivity contribution is -0.156. The third-order valence-corrected chi connectivity index (χ3v) is 8.35. The van der Waals surface area contributed by atoms with Crippen molar-refractivity contribution >= 4 is 85.9 Å². The van der Waals surface area contributed by atoms with Crippen LogP contribution in [0.15, 0.2) is 73.3 Å². The van der Waals surface area contributed by atoms with Crippen LogP contribution in [0.5, 0.6) is 23.0 Å². The fourth-order valence-corrected chi connectivity index (χ4v) is 5.82. The number of halogens is 4. The Morgan fingerprint density at radius 3 is 1.73 bits per heavy atom. The van der Waals surface area contributed by atoms with Crippen molar-refractivity contribution in [1.82, 2.24) is 19.9 Å². The molecule has 0 atom stereocenters. The monoisotopic (exact) mass is 806 g/mol. The Labute approximate surface area is 327 Å². The second-order valence-corrected chi connectivity index (χ2v) is 12.5. The molecule has 2 aliphatic heterocycles. The molecule has 4 heterocycles. The lowest BCUT2D eigenvalue weighted by atomic mass is 10.1.